The highest BCUT2D eigenvalue weighted by molar-refractivity contribution is 5.94. The molecule has 0 bridgehead atoms. The van der Waals surface area contributed by atoms with Crippen molar-refractivity contribution in [2.75, 3.05) is 19.7 Å². The Morgan fingerprint density at radius 2 is 1.67 bits per heavy atom. The molecule has 0 saturated heterocycles. The quantitative estimate of drug-likeness (QED) is 0.232. The Bertz CT molecular complexity index is 860. The van der Waals surface area contributed by atoms with E-state index in [4.69, 9.17) is 15.3 Å². The minimum Gasteiger partial charge on any atom is -0.356 e. The van der Waals surface area contributed by atoms with Gasteiger partial charge in [0.1, 0.15) is 12.2 Å². The Kier molecular flexibility index (Phi) is 10.2. The summed E-state index contributed by atoms with van der Waals surface area (Å²) in [6.45, 7) is 0.652. The summed E-state index contributed by atoms with van der Waals surface area (Å²) in [7, 11) is 0. The summed E-state index contributed by atoms with van der Waals surface area (Å²) in [6, 6.07) is 6.67. The first-order valence-corrected chi connectivity index (χ1v) is 8.34. The summed E-state index contributed by atoms with van der Waals surface area (Å²) >= 11 is 0. The van der Waals surface area contributed by atoms with Gasteiger partial charge in [-0.3, -0.25) is 14.6 Å². The molecular formula is C16H18N6O8. The number of rotatable bonds is 9. The van der Waals surface area contributed by atoms with Crippen LogP contribution in [-0.4, -0.2) is 46.7 Å². The van der Waals surface area contributed by atoms with Gasteiger partial charge in [-0.25, -0.2) is 4.57 Å². The zero-order valence-electron chi connectivity index (χ0n) is 15.5. The number of aromatic nitrogens is 2. The van der Waals surface area contributed by atoms with E-state index >= 15 is 0 Å². The number of nitrogens with one attached hydrogen (secondary N) is 2. The monoisotopic (exact) mass is 422 g/mol. The predicted molar refractivity (Wildman–Crippen MR) is 98.8 cm³/mol. The standard InChI is InChI=1S/C16H17N5O5.NO3/c22-15(13-3-1-5-17-11-13)18-6-9-20-8-2-4-14(12-20)16(23)19-7-10-26-21(24)25;2-1(3)4/h1-5,8,11-12H,6-7,9-10H2,(H-,18,19,22,23);/q;-1/p+1. The van der Waals surface area contributed by atoms with Crippen LogP contribution in [0.3, 0.4) is 0 Å². The van der Waals surface area contributed by atoms with Crippen LogP contribution in [-0.2, 0) is 11.4 Å². The van der Waals surface area contributed by atoms with Crippen LogP contribution in [0.2, 0.25) is 0 Å². The summed E-state index contributed by atoms with van der Waals surface area (Å²) in [5, 5.41) is 29.2. The van der Waals surface area contributed by atoms with E-state index < -0.39 is 10.2 Å². The Morgan fingerprint density at radius 1 is 1.03 bits per heavy atom. The molecule has 0 spiro atoms. The van der Waals surface area contributed by atoms with E-state index in [9.17, 15) is 19.7 Å². The van der Waals surface area contributed by atoms with Crippen molar-refractivity contribution in [3.05, 3.63) is 85.6 Å². The van der Waals surface area contributed by atoms with Crippen molar-refractivity contribution < 1.29 is 29.2 Å². The van der Waals surface area contributed by atoms with Gasteiger partial charge in [0, 0.05) is 25.0 Å². The lowest BCUT2D eigenvalue weighted by molar-refractivity contribution is -0.757. The summed E-state index contributed by atoms with van der Waals surface area (Å²) < 4.78 is 1.76. The summed E-state index contributed by atoms with van der Waals surface area (Å²) in [6.07, 6.45) is 6.46. The van der Waals surface area contributed by atoms with E-state index in [0.29, 0.717) is 24.2 Å². The van der Waals surface area contributed by atoms with E-state index in [1.54, 1.807) is 47.4 Å². The zero-order chi connectivity index (χ0) is 22.4. The lowest BCUT2D eigenvalue weighted by Crippen LogP contribution is -2.41. The number of nitrogens with zero attached hydrogens (tertiary/aromatic N) is 4. The molecule has 0 aliphatic rings. The number of carbonyl (C=O) groups is 2. The first-order valence-electron chi connectivity index (χ1n) is 8.34. The molecule has 0 aliphatic carbocycles. The fourth-order valence-electron chi connectivity index (χ4n) is 2.08. The van der Waals surface area contributed by atoms with E-state index in [1.807, 2.05) is 0 Å². The van der Waals surface area contributed by atoms with Crippen molar-refractivity contribution in [1.29, 1.82) is 0 Å². The van der Waals surface area contributed by atoms with Crippen LogP contribution in [0.5, 0.6) is 0 Å². The third-order valence-electron chi connectivity index (χ3n) is 3.28. The minimum absolute atomic E-state index is 0.0237. The molecule has 2 rings (SSSR count). The molecule has 160 valence electrons. The number of carbonyl (C=O) groups excluding carboxylic acids is 2. The maximum absolute atomic E-state index is 12.0. The van der Waals surface area contributed by atoms with Crippen LogP contribution >= 0.6 is 0 Å². The van der Waals surface area contributed by atoms with Gasteiger partial charge in [-0.2, -0.15) is 0 Å². The number of hydrogen-bond acceptors (Lipinski definition) is 9. The van der Waals surface area contributed by atoms with Gasteiger partial charge in [0.05, 0.1) is 17.2 Å². The number of hydrogen-bond donors (Lipinski definition) is 2. The molecule has 0 atom stereocenters. The van der Waals surface area contributed by atoms with Crippen molar-refractivity contribution in [2.24, 2.45) is 0 Å². The molecule has 2 amide bonds. The Morgan fingerprint density at radius 3 is 2.30 bits per heavy atom. The molecule has 0 unspecified atom stereocenters. The van der Waals surface area contributed by atoms with Gasteiger partial charge in [0.15, 0.2) is 18.9 Å². The van der Waals surface area contributed by atoms with Gasteiger partial charge < -0.3 is 30.8 Å². The van der Waals surface area contributed by atoms with Gasteiger partial charge >= 0.3 is 0 Å². The van der Waals surface area contributed by atoms with Crippen molar-refractivity contribution in [3.63, 3.8) is 0 Å². The van der Waals surface area contributed by atoms with Gasteiger partial charge in [0.2, 0.25) is 0 Å². The third-order valence-corrected chi connectivity index (χ3v) is 3.28. The molecule has 2 N–H and O–H groups in total. The highest BCUT2D eigenvalue weighted by Gasteiger charge is 2.11. The highest BCUT2D eigenvalue weighted by Crippen LogP contribution is 1.96. The van der Waals surface area contributed by atoms with Crippen molar-refractivity contribution in [3.8, 4) is 0 Å². The van der Waals surface area contributed by atoms with Crippen molar-refractivity contribution >= 4 is 11.8 Å². The molecule has 0 saturated carbocycles. The maximum Gasteiger partial charge on any atom is 0.294 e. The Balaban J connectivity index is 0.00000103. The molecule has 0 aromatic carbocycles. The lowest BCUT2D eigenvalue weighted by atomic mass is 10.2. The predicted octanol–water partition coefficient (Wildman–Crippen LogP) is -0.502. The van der Waals surface area contributed by atoms with E-state index in [2.05, 4.69) is 20.5 Å². The number of pyridine rings is 2. The lowest BCUT2D eigenvalue weighted by Gasteiger charge is -2.05. The Hall–Kier alpha value is -4.36. The molecule has 0 radical (unpaired) electrons. The molecule has 14 nitrogen and oxygen atoms in total. The molecule has 14 heteroatoms. The molecular weight excluding hydrogens is 404 g/mol. The fraction of sp³-hybridized carbons (Fsp3) is 0.250. The smallest absolute Gasteiger partial charge is 0.294 e. The maximum atomic E-state index is 12.0. The van der Waals surface area contributed by atoms with Crippen LogP contribution in [0, 0.1) is 25.4 Å². The van der Waals surface area contributed by atoms with Gasteiger partial charge in [-0.1, -0.05) is 0 Å². The normalized spacial score (nSPS) is 9.47. The largest absolute Gasteiger partial charge is 0.356 e. The van der Waals surface area contributed by atoms with Crippen LogP contribution < -0.4 is 15.2 Å². The van der Waals surface area contributed by atoms with E-state index in [1.165, 1.54) is 6.20 Å². The van der Waals surface area contributed by atoms with Gasteiger partial charge in [0.25, 0.3) is 16.9 Å². The molecule has 0 aliphatic heterocycles. The minimum atomic E-state index is -1.75. The highest BCUT2D eigenvalue weighted by atomic mass is 16.9. The summed E-state index contributed by atoms with van der Waals surface area (Å²) in [5.41, 5.74) is 0.870. The topological polar surface area (TPSA) is 194 Å². The molecule has 0 fully saturated rings. The third kappa shape index (κ3) is 10.1. The first-order chi connectivity index (χ1) is 14.3. The molecule has 2 aromatic heterocycles. The second-order valence-electron chi connectivity index (χ2n) is 5.36. The van der Waals surface area contributed by atoms with Crippen molar-refractivity contribution in [1.82, 2.24) is 15.6 Å². The first kappa shape index (κ1) is 23.7. The average molecular weight is 422 g/mol. The second kappa shape index (κ2) is 12.9. The SMILES string of the molecule is O=C(NCCO[N+](=O)[O-])c1ccc[n+](CCNC(=O)c2cccnc2)c1.O=[N+]([O-])[O-]. The fourth-order valence-corrected chi connectivity index (χ4v) is 2.08. The zero-order valence-corrected chi connectivity index (χ0v) is 15.5. The summed E-state index contributed by atoms with van der Waals surface area (Å²) in [5.74, 6) is -0.593. The van der Waals surface area contributed by atoms with Crippen LogP contribution in [0.4, 0.5) is 0 Å². The van der Waals surface area contributed by atoms with E-state index in [-0.39, 0.29) is 25.0 Å². The van der Waals surface area contributed by atoms with E-state index in [0.717, 1.165) is 0 Å². The van der Waals surface area contributed by atoms with Crippen molar-refractivity contribution in [2.45, 2.75) is 6.54 Å². The summed E-state index contributed by atoms with van der Waals surface area (Å²) in [4.78, 5) is 50.2. The second-order valence-corrected chi connectivity index (χ2v) is 5.36. The van der Waals surface area contributed by atoms with Gasteiger partial charge in [-0.15, -0.1) is 10.1 Å². The van der Waals surface area contributed by atoms with Crippen LogP contribution in [0.15, 0.2) is 49.1 Å². The molecule has 2 aromatic rings. The number of amides is 2. The average Bonchev–Trinajstić information content (AvgIpc) is 2.71. The van der Waals surface area contributed by atoms with Crippen LogP contribution in [0.25, 0.3) is 0 Å². The molecule has 2 heterocycles. The van der Waals surface area contributed by atoms with Gasteiger partial charge in [-0.05, 0) is 18.2 Å². The Labute approximate surface area is 169 Å². The molecule has 30 heavy (non-hydrogen) atoms. The van der Waals surface area contributed by atoms with Crippen LogP contribution in [0.1, 0.15) is 20.7 Å².